The first-order chi connectivity index (χ1) is 12.0. The van der Waals surface area contributed by atoms with Crippen LogP contribution in [-0.2, 0) is 6.42 Å². The van der Waals surface area contributed by atoms with Crippen LogP contribution in [0.5, 0.6) is 11.5 Å². The SMILES string of the molecule is CCc1ccc(NC(N)=NCC(O)c2cc(OC)cc(OC)c2)cc1.I. The van der Waals surface area contributed by atoms with E-state index in [0.717, 1.165) is 12.1 Å². The summed E-state index contributed by atoms with van der Waals surface area (Å²) >= 11 is 0. The second kappa shape index (κ2) is 10.9. The van der Waals surface area contributed by atoms with Crippen LogP contribution in [0, 0.1) is 0 Å². The summed E-state index contributed by atoms with van der Waals surface area (Å²) in [6.07, 6.45) is 0.173. The van der Waals surface area contributed by atoms with Gasteiger partial charge in [0.25, 0.3) is 0 Å². The quantitative estimate of drug-likeness (QED) is 0.328. The van der Waals surface area contributed by atoms with Gasteiger partial charge in [-0.25, -0.2) is 0 Å². The molecule has 0 radical (unpaired) electrons. The van der Waals surface area contributed by atoms with Crippen LogP contribution >= 0.6 is 24.0 Å². The Hall–Kier alpha value is -2.00. The van der Waals surface area contributed by atoms with Crippen molar-refractivity contribution >= 4 is 35.6 Å². The number of halogens is 1. The molecule has 2 aromatic carbocycles. The lowest BCUT2D eigenvalue weighted by molar-refractivity contribution is 0.186. The average Bonchev–Trinajstić information content (AvgIpc) is 2.66. The summed E-state index contributed by atoms with van der Waals surface area (Å²) in [5.74, 6) is 1.47. The normalized spacial score (nSPS) is 12.1. The van der Waals surface area contributed by atoms with Gasteiger partial charge in [-0.15, -0.1) is 24.0 Å². The number of anilines is 1. The minimum absolute atomic E-state index is 0. The third-order valence-electron chi connectivity index (χ3n) is 3.83. The molecule has 0 bridgehead atoms. The largest absolute Gasteiger partial charge is 0.497 e. The topological polar surface area (TPSA) is 89.1 Å². The van der Waals surface area contributed by atoms with Gasteiger partial charge < -0.3 is 25.6 Å². The van der Waals surface area contributed by atoms with E-state index in [1.54, 1.807) is 32.4 Å². The van der Waals surface area contributed by atoms with E-state index in [1.807, 2.05) is 24.3 Å². The Morgan fingerprint density at radius 2 is 1.69 bits per heavy atom. The first kappa shape index (κ1) is 22.0. The third-order valence-corrected chi connectivity index (χ3v) is 3.83. The fraction of sp³-hybridized carbons (Fsp3) is 0.316. The van der Waals surface area contributed by atoms with Crippen molar-refractivity contribution in [3.63, 3.8) is 0 Å². The van der Waals surface area contributed by atoms with Crippen LogP contribution in [0.25, 0.3) is 0 Å². The summed E-state index contributed by atoms with van der Waals surface area (Å²) in [5, 5.41) is 13.4. The van der Waals surface area contributed by atoms with E-state index in [9.17, 15) is 5.11 Å². The van der Waals surface area contributed by atoms with Gasteiger partial charge in [0.1, 0.15) is 11.5 Å². The van der Waals surface area contributed by atoms with Crippen LogP contribution in [0.15, 0.2) is 47.5 Å². The van der Waals surface area contributed by atoms with Crippen LogP contribution in [0.3, 0.4) is 0 Å². The Bertz CT molecular complexity index is 698. The van der Waals surface area contributed by atoms with E-state index in [-0.39, 0.29) is 36.5 Å². The Balaban J connectivity index is 0.00000338. The first-order valence-electron chi connectivity index (χ1n) is 8.12. The molecule has 0 saturated heterocycles. The average molecular weight is 471 g/mol. The molecule has 0 amide bonds. The van der Waals surface area contributed by atoms with Gasteiger partial charge in [-0.2, -0.15) is 0 Å². The van der Waals surface area contributed by atoms with Crippen molar-refractivity contribution in [3.05, 3.63) is 53.6 Å². The van der Waals surface area contributed by atoms with Gasteiger partial charge in [-0.1, -0.05) is 19.1 Å². The highest BCUT2D eigenvalue weighted by atomic mass is 127. The van der Waals surface area contributed by atoms with Crippen molar-refractivity contribution < 1.29 is 14.6 Å². The number of benzene rings is 2. The number of aliphatic hydroxyl groups excluding tert-OH is 1. The maximum Gasteiger partial charge on any atom is 0.193 e. The molecule has 6 nitrogen and oxygen atoms in total. The zero-order chi connectivity index (χ0) is 18.2. The highest BCUT2D eigenvalue weighted by molar-refractivity contribution is 14.0. The maximum absolute atomic E-state index is 10.3. The number of rotatable bonds is 7. The minimum Gasteiger partial charge on any atom is -0.497 e. The number of nitrogens with zero attached hydrogens (tertiary/aromatic N) is 1. The number of hydrogen-bond donors (Lipinski definition) is 3. The number of hydrogen-bond acceptors (Lipinski definition) is 4. The molecule has 0 heterocycles. The first-order valence-corrected chi connectivity index (χ1v) is 8.12. The van der Waals surface area contributed by atoms with Gasteiger partial charge >= 0.3 is 0 Å². The smallest absolute Gasteiger partial charge is 0.193 e. The van der Waals surface area contributed by atoms with Crippen LogP contribution < -0.4 is 20.5 Å². The lowest BCUT2D eigenvalue weighted by atomic mass is 10.1. The number of aliphatic imine (C=N–C) groups is 1. The van der Waals surface area contributed by atoms with Crippen molar-refractivity contribution in [3.8, 4) is 11.5 Å². The van der Waals surface area contributed by atoms with Gasteiger partial charge in [0.05, 0.1) is 26.9 Å². The monoisotopic (exact) mass is 471 g/mol. The van der Waals surface area contributed by atoms with Crippen LogP contribution in [-0.4, -0.2) is 31.8 Å². The Kier molecular flexibility index (Phi) is 9.22. The molecule has 1 atom stereocenters. The molecule has 142 valence electrons. The van der Waals surface area contributed by atoms with E-state index >= 15 is 0 Å². The van der Waals surface area contributed by atoms with Crippen LogP contribution in [0.2, 0.25) is 0 Å². The van der Waals surface area contributed by atoms with E-state index in [0.29, 0.717) is 17.1 Å². The summed E-state index contributed by atoms with van der Waals surface area (Å²) in [5.41, 5.74) is 8.66. The van der Waals surface area contributed by atoms with Gasteiger partial charge in [0, 0.05) is 11.8 Å². The standard InChI is InChI=1S/C19H25N3O3.HI/c1-4-13-5-7-15(8-6-13)22-19(20)21-12-18(23)14-9-16(24-2)11-17(10-14)25-3;/h5-11,18,23H,4,12H2,1-3H3,(H3,20,21,22);1H. The van der Waals surface area contributed by atoms with Crippen molar-refractivity contribution in [1.29, 1.82) is 0 Å². The molecule has 0 fully saturated rings. The van der Waals surface area contributed by atoms with Gasteiger partial charge in [0.2, 0.25) is 0 Å². The second-order valence-corrected chi connectivity index (χ2v) is 5.56. The van der Waals surface area contributed by atoms with E-state index < -0.39 is 6.10 Å². The van der Waals surface area contributed by atoms with E-state index in [1.165, 1.54) is 5.56 Å². The van der Waals surface area contributed by atoms with E-state index in [2.05, 4.69) is 17.2 Å². The predicted octanol–water partition coefficient (Wildman–Crippen LogP) is 3.34. The van der Waals surface area contributed by atoms with E-state index in [4.69, 9.17) is 15.2 Å². The molecule has 0 aromatic heterocycles. The zero-order valence-corrected chi connectivity index (χ0v) is 17.6. The third kappa shape index (κ3) is 6.38. The summed E-state index contributed by atoms with van der Waals surface area (Å²) < 4.78 is 10.4. The Labute approximate surface area is 171 Å². The molecule has 26 heavy (non-hydrogen) atoms. The highest BCUT2D eigenvalue weighted by Gasteiger charge is 2.11. The summed E-state index contributed by atoms with van der Waals surface area (Å²) in [6, 6.07) is 13.2. The van der Waals surface area contributed by atoms with Crippen LogP contribution in [0.1, 0.15) is 24.2 Å². The van der Waals surface area contributed by atoms with Crippen molar-refractivity contribution in [2.45, 2.75) is 19.4 Å². The second-order valence-electron chi connectivity index (χ2n) is 5.56. The number of methoxy groups -OCH3 is 2. The number of nitrogens with two attached hydrogens (primary N) is 1. The lowest BCUT2D eigenvalue weighted by Crippen LogP contribution is -2.23. The van der Waals surface area contributed by atoms with Gasteiger partial charge in [-0.05, 0) is 41.8 Å². The Morgan fingerprint density at radius 3 is 2.19 bits per heavy atom. The maximum atomic E-state index is 10.3. The lowest BCUT2D eigenvalue weighted by Gasteiger charge is -2.13. The molecule has 0 aliphatic rings. The fourth-order valence-corrected chi connectivity index (χ4v) is 2.32. The molecule has 4 N–H and O–H groups in total. The van der Waals surface area contributed by atoms with Crippen molar-refractivity contribution in [2.75, 3.05) is 26.1 Å². The van der Waals surface area contributed by atoms with Gasteiger partial charge in [-0.3, -0.25) is 4.99 Å². The molecule has 0 spiro atoms. The van der Waals surface area contributed by atoms with Crippen molar-refractivity contribution in [2.24, 2.45) is 10.7 Å². The van der Waals surface area contributed by atoms with Crippen LogP contribution in [0.4, 0.5) is 5.69 Å². The fourth-order valence-electron chi connectivity index (χ4n) is 2.32. The number of aliphatic hydroxyl groups is 1. The molecule has 2 aromatic rings. The minimum atomic E-state index is -0.813. The zero-order valence-electron chi connectivity index (χ0n) is 15.2. The molecule has 7 heteroatoms. The molecular formula is C19H26IN3O3. The number of ether oxygens (including phenoxy) is 2. The molecule has 2 rings (SSSR count). The molecular weight excluding hydrogens is 445 g/mol. The number of guanidine groups is 1. The number of nitrogens with one attached hydrogen (secondary N) is 1. The summed E-state index contributed by atoms with van der Waals surface area (Å²) in [4.78, 5) is 4.20. The highest BCUT2D eigenvalue weighted by Crippen LogP contribution is 2.26. The van der Waals surface area contributed by atoms with Crippen molar-refractivity contribution in [1.82, 2.24) is 0 Å². The Morgan fingerprint density at radius 1 is 1.12 bits per heavy atom. The summed E-state index contributed by atoms with van der Waals surface area (Å²) in [6.45, 7) is 2.23. The van der Waals surface area contributed by atoms with Gasteiger partial charge in [0.15, 0.2) is 5.96 Å². The molecule has 1 unspecified atom stereocenters. The predicted molar refractivity (Wildman–Crippen MR) is 116 cm³/mol. The molecule has 0 aliphatic carbocycles. The summed E-state index contributed by atoms with van der Waals surface area (Å²) in [7, 11) is 3.13. The molecule has 0 aliphatic heterocycles. The number of aryl methyl sites for hydroxylation is 1. The molecule has 0 saturated carbocycles.